The first-order valence-electron chi connectivity index (χ1n) is 9.19. The van der Waals surface area contributed by atoms with Gasteiger partial charge < -0.3 is 14.3 Å². The lowest BCUT2D eigenvalue weighted by atomic mass is 9.64. The summed E-state index contributed by atoms with van der Waals surface area (Å²) in [5.74, 6) is 2.36. The third-order valence-corrected chi connectivity index (χ3v) is 4.92. The minimum Gasteiger partial charge on any atom is -0.461 e. The van der Waals surface area contributed by atoms with Crippen molar-refractivity contribution in [1.82, 2.24) is 15.5 Å². The molecular weight excluding hydrogens is 318 g/mol. The van der Waals surface area contributed by atoms with Gasteiger partial charge in [0, 0.05) is 19.4 Å². The Morgan fingerprint density at radius 1 is 1.40 bits per heavy atom. The first-order chi connectivity index (χ1) is 12.1. The maximum atomic E-state index is 12.1. The zero-order chi connectivity index (χ0) is 17.7. The number of carbonyl (C=O) groups is 1. The second kappa shape index (κ2) is 7.85. The predicted molar refractivity (Wildman–Crippen MR) is 93.7 cm³/mol. The Morgan fingerprint density at radius 2 is 2.24 bits per heavy atom. The van der Waals surface area contributed by atoms with Crippen molar-refractivity contribution in [2.24, 2.45) is 11.3 Å². The molecule has 1 aliphatic carbocycles. The highest BCUT2D eigenvalue weighted by Gasteiger charge is 2.37. The quantitative estimate of drug-likeness (QED) is 0.743. The van der Waals surface area contributed by atoms with Gasteiger partial charge in [-0.3, -0.25) is 4.79 Å². The van der Waals surface area contributed by atoms with Crippen LogP contribution >= 0.6 is 0 Å². The summed E-state index contributed by atoms with van der Waals surface area (Å²) in [6.07, 6.45) is 8.32. The summed E-state index contributed by atoms with van der Waals surface area (Å²) in [6, 6.07) is 3.57. The Labute approximate surface area is 148 Å². The number of hydrogen-bond donors (Lipinski definition) is 1. The monoisotopic (exact) mass is 345 g/mol. The van der Waals surface area contributed by atoms with Crippen LogP contribution in [-0.2, 0) is 11.2 Å². The summed E-state index contributed by atoms with van der Waals surface area (Å²) in [7, 11) is 0. The molecule has 0 bridgehead atoms. The van der Waals surface area contributed by atoms with E-state index in [1.165, 1.54) is 25.7 Å². The minimum absolute atomic E-state index is 0.112. The van der Waals surface area contributed by atoms with Gasteiger partial charge in [-0.2, -0.15) is 4.98 Å². The Bertz CT molecular complexity index is 672. The van der Waals surface area contributed by atoms with Crippen LogP contribution in [0, 0.1) is 11.3 Å². The lowest BCUT2D eigenvalue weighted by Crippen LogP contribution is -2.43. The maximum absolute atomic E-state index is 12.1. The number of hydrogen-bond acceptors (Lipinski definition) is 5. The van der Waals surface area contributed by atoms with Gasteiger partial charge in [0.25, 0.3) is 0 Å². The van der Waals surface area contributed by atoms with Crippen molar-refractivity contribution in [3.8, 4) is 11.6 Å². The standard InChI is InChI=1S/C19H27N3O3/c1-14(2)12-19(9-5-10-19)13-20-16(23)7-3-8-17-21-18(22-25-17)15-6-4-11-24-15/h4,6,11,14H,3,5,7-10,12-13H2,1-2H3,(H,20,23). The van der Waals surface area contributed by atoms with Gasteiger partial charge >= 0.3 is 0 Å². The second-order valence-corrected chi connectivity index (χ2v) is 7.57. The Hall–Kier alpha value is -2.11. The van der Waals surface area contributed by atoms with Crippen molar-refractivity contribution in [3.63, 3.8) is 0 Å². The van der Waals surface area contributed by atoms with Crippen LogP contribution in [0.25, 0.3) is 11.6 Å². The van der Waals surface area contributed by atoms with E-state index < -0.39 is 0 Å². The molecular formula is C19H27N3O3. The van der Waals surface area contributed by atoms with Crippen molar-refractivity contribution >= 4 is 5.91 Å². The van der Waals surface area contributed by atoms with Crippen molar-refractivity contribution in [2.75, 3.05) is 6.54 Å². The molecule has 6 nitrogen and oxygen atoms in total. The average Bonchev–Trinajstić information content (AvgIpc) is 3.20. The molecule has 0 saturated heterocycles. The van der Waals surface area contributed by atoms with E-state index >= 15 is 0 Å². The molecule has 0 radical (unpaired) electrons. The first kappa shape index (κ1) is 17.7. The van der Waals surface area contributed by atoms with Crippen molar-refractivity contribution in [2.45, 2.75) is 58.8 Å². The second-order valence-electron chi connectivity index (χ2n) is 7.57. The molecule has 0 spiro atoms. The Kier molecular flexibility index (Phi) is 5.56. The minimum atomic E-state index is 0.112. The van der Waals surface area contributed by atoms with E-state index in [-0.39, 0.29) is 5.91 Å². The van der Waals surface area contributed by atoms with Crippen LogP contribution in [-0.4, -0.2) is 22.6 Å². The van der Waals surface area contributed by atoms with Gasteiger partial charge in [-0.05, 0) is 49.1 Å². The highest BCUT2D eigenvalue weighted by Crippen LogP contribution is 2.45. The normalized spacial score (nSPS) is 16.0. The third kappa shape index (κ3) is 4.71. The Morgan fingerprint density at radius 3 is 2.88 bits per heavy atom. The summed E-state index contributed by atoms with van der Waals surface area (Å²) in [4.78, 5) is 16.4. The number of rotatable bonds is 9. The van der Waals surface area contributed by atoms with E-state index in [9.17, 15) is 4.79 Å². The molecule has 0 unspecified atom stereocenters. The van der Waals surface area contributed by atoms with E-state index in [0.29, 0.717) is 48.1 Å². The number of amides is 1. The molecule has 1 aliphatic rings. The lowest BCUT2D eigenvalue weighted by molar-refractivity contribution is -0.122. The van der Waals surface area contributed by atoms with Gasteiger partial charge in [-0.25, -0.2) is 0 Å². The van der Waals surface area contributed by atoms with E-state index in [0.717, 1.165) is 6.54 Å². The van der Waals surface area contributed by atoms with Gasteiger partial charge in [0.15, 0.2) is 5.76 Å². The van der Waals surface area contributed by atoms with Gasteiger partial charge in [0.05, 0.1) is 6.26 Å². The molecule has 25 heavy (non-hydrogen) atoms. The maximum Gasteiger partial charge on any atom is 0.238 e. The molecule has 1 fully saturated rings. The van der Waals surface area contributed by atoms with E-state index in [4.69, 9.17) is 8.94 Å². The number of nitrogens with one attached hydrogen (secondary N) is 1. The molecule has 6 heteroatoms. The van der Waals surface area contributed by atoms with Crippen LogP contribution in [0.4, 0.5) is 0 Å². The highest BCUT2D eigenvalue weighted by molar-refractivity contribution is 5.75. The van der Waals surface area contributed by atoms with Crippen LogP contribution in [0.15, 0.2) is 27.3 Å². The SMILES string of the molecule is CC(C)CC1(CNC(=O)CCCc2nc(-c3ccco3)no2)CCC1. The van der Waals surface area contributed by atoms with Crippen molar-refractivity contribution in [1.29, 1.82) is 0 Å². The molecule has 0 aromatic carbocycles. The smallest absolute Gasteiger partial charge is 0.238 e. The fourth-order valence-corrected chi connectivity index (χ4v) is 3.63. The lowest BCUT2D eigenvalue weighted by Gasteiger charge is -2.43. The third-order valence-electron chi connectivity index (χ3n) is 4.92. The fourth-order valence-electron chi connectivity index (χ4n) is 3.63. The molecule has 1 amide bonds. The number of carbonyl (C=O) groups excluding carboxylic acids is 1. The zero-order valence-electron chi connectivity index (χ0n) is 15.1. The molecule has 0 aliphatic heterocycles. The van der Waals surface area contributed by atoms with Crippen LogP contribution in [0.2, 0.25) is 0 Å². The predicted octanol–water partition coefficient (Wildman–Crippen LogP) is 3.98. The number of furan rings is 1. The molecule has 2 aromatic heterocycles. The molecule has 0 atom stereocenters. The van der Waals surface area contributed by atoms with Gasteiger partial charge in [0.2, 0.25) is 17.6 Å². The average molecular weight is 345 g/mol. The molecule has 1 N–H and O–H groups in total. The molecule has 3 rings (SSSR count). The van der Waals surface area contributed by atoms with Gasteiger partial charge in [-0.1, -0.05) is 25.4 Å². The first-order valence-corrected chi connectivity index (χ1v) is 9.19. The molecule has 1 saturated carbocycles. The number of aryl methyl sites for hydroxylation is 1. The molecule has 2 aromatic rings. The van der Waals surface area contributed by atoms with Crippen LogP contribution in [0.1, 0.15) is 58.3 Å². The molecule has 2 heterocycles. The summed E-state index contributed by atoms with van der Waals surface area (Å²) in [5.41, 5.74) is 0.342. The van der Waals surface area contributed by atoms with Crippen LogP contribution in [0.3, 0.4) is 0 Å². The number of aromatic nitrogens is 2. The van der Waals surface area contributed by atoms with Gasteiger partial charge in [-0.15, -0.1) is 0 Å². The zero-order valence-corrected chi connectivity index (χ0v) is 15.1. The largest absolute Gasteiger partial charge is 0.461 e. The summed E-state index contributed by atoms with van der Waals surface area (Å²) in [6.45, 7) is 5.32. The van der Waals surface area contributed by atoms with E-state index in [2.05, 4.69) is 29.3 Å². The van der Waals surface area contributed by atoms with Gasteiger partial charge in [0.1, 0.15) is 0 Å². The van der Waals surface area contributed by atoms with E-state index in [1.54, 1.807) is 18.4 Å². The summed E-state index contributed by atoms with van der Waals surface area (Å²) >= 11 is 0. The topological polar surface area (TPSA) is 81.2 Å². The fraction of sp³-hybridized carbons (Fsp3) is 0.632. The highest BCUT2D eigenvalue weighted by atomic mass is 16.5. The van der Waals surface area contributed by atoms with Crippen molar-refractivity contribution in [3.05, 3.63) is 24.3 Å². The summed E-state index contributed by atoms with van der Waals surface area (Å²) in [5, 5.41) is 7.01. The summed E-state index contributed by atoms with van der Waals surface area (Å²) < 4.78 is 10.4. The van der Waals surface area contributed by atoms with Crippen molar-refractivity contribution < 1.29 is 13.7 Å². The van der Waals surface area contributed by atoms with Crippen LogP contribution < -0.4 is 5.32 Å². The van der Waals surface area contributed by atoms with E-state index in [1.807, 2.05) is 0 Å². The Balaban J connectivity index is 1.38. The molecule has 136 valence electrons. The van der Waals surface area contributed by atoms with Crippen LogP contribution in [0.5, 0.6) is 0 Å². The number of nitrogens with zero attached hydrogens (tertiary/aromatic N) is 2.